The topological polar surface area (TPSA) is 86.8 Å². The molecular formula is C25H26BFN2O3. The van der Waals surface area contributed by atoms with Gasteiger partial charge in [0.2, 0.25) is 0 Å². The molecule has 1 aliphatic heterocycles. The Kier molecular flexibility index (Phi) is 6.70. The molecule has 1 amide bonds. The SMILES string of the molecule is NCc1cccc(C2CCN(C(=O)c3cccc(-c4cccc(B(O)O)c4F)c3)CC2)c1. The summed E-state index contributed by atoms with van der Waals surface area (Å²) in [5.41, 5.74) is 9.18. The molecule has 5 nitrogen and oxygen atoms in total. The third-order valence-corrected chi connectivity index (χ3v) is 6.17. The summed E-state index contributed by atoms with van der Waals surface area (Å²) in [4.78, 5) is 15.0. The highest BCUT2D eigenvalue weighted by Crippen LogP contribution is 2.30. The number of benzene rings is 3. The van der Waals surface area contributed by atoms with E-state index in [9.17, 15) is 19.2 Å². The highest BCUT2D eigenvalue weighted by molar-refractivity contribution is 6.58. The van der Waals surface area contributed by atoms with Crippen LogP contribution in [0, 0.1) is 5.82 Å². The molecule has 32 heavy (non-hydrogen) atoms. The van der Waals surface area contributed by atoms with E-state index in [1.54, 1.807) is 36.4 Å². The molecule has 1 aliphatic rings. The number of carbonyl (C=O) groups is 1. The molecule has 3 aromatic carbocycles. The summed E-state index contributed by atoms with van der Waals surface area (Å²) in [5, 5.41) is 18.7. The van der Waals surface area contributed by atoms with Crippen molar-refractivity contribution in [1.29, 1.82) is 0 Å². The number of nitrogens with zero attached hydrogens (tertiary/aromatic N) is 1. The van der Waals surface area contributed by atoms with Gasteiger partial charge in [-0.25, -0.2) is 4.39 Å². The van der Waals surface area contributed by atoms with Crippen molar-refractivity contribution in [3.05, 3.63) is 89.2 Å². The van der Waals surface area contributed by atoms with Crippen LogP contribution in [-0.2, 0) is 6.54 Å². The summed E-state index contributed by atoms with van der Waals surface area (Å²) in [6, 6.07) is 19.6. The Balaban J connectivity index is 1.49. The van der Waals surface area contributed by atoms with E-state index in [2.05, 4.69) is 12.1 Å². The minimum Gasteiger partial charge on any atom is -0.423 e. The van der Waals surface area contributed by atoms with Crippen molar-refractivity contribution in [2.45, 2.75) is 25.3 Å². The standard InChI is InChI=1S/C25H26BFN2O3/c27-24-22(8-3-9-23(24)26(31)32)20-6-2-7-21(15-20)25(30)29-12-10-18(11-13-29)19-5-1-4-17(14-19)16-28/h1-9,14-15,18,31-32H,10-13,16,28H2. The molecule has 0 bridgehead atoms. The number of halogens is 1. The van der Waals surface area contributed by atoms with Crippen molar-refractivity contribution in [1.82, 2.24) is 4.90 Å². The fourth-order valence-corrected chi connectivity index (χ4v) is 4.36. The first-order valence-corrected chi connectivity index (χ1v) is 10.8. The first kappa shape index (κ1) is 22.2. The van der Waals surface area contributed by atoms with E-state index in [4.69, 9.17) is 5.73 Å². The lowest BCUT2D eigenvalue weighted by Crippen LogP contribution is -2.38. The number of hydrogen-bond acceptors (Lipinski definition) is 4. The summed E-state index contributed by atoms with van der Waals surface area (Å²) in [7, 11) is -1.90. The highest BCUT2D eigenvalue weighted by atomic mass is 19.1. The Labute approximate surface area is 187 Å². The normalized spacial score (nSPS) is 14.4. The van der Waals surface area contributed by atoms with Gasteiger partial charge in [-0.2, -0.15) is 0 Å². The van der Waals surface area contributed by atoms with Gasteiger partial charge >= 0.3 is 7.12 Å². The molecular weight excluding hydrogens is 406 g/mol. The predicted molar refractivity (Wildman–Crippen MR) is 124 cm³/mol. The van der Waals surface area contributed by atoms with Crippen LogP contribution in [-0.4, -0.2) is 41.1 Å². The molecule has 0 aliphatic carbocycles. The number of amides is 1. The maximum absolute atomic E-state index is 14.7. The Morgan fingerprint density at radius 3 is 2.47 bits per heavy atom. The second-order valence-electron chi connectivity index (χ2n) is 8.18. The molecule has 1 heterocycles. The second kappa shape index (κ2) is 9.65. The number of rotatable bonds is 5. The Morgan fingerprint density at radius 1 is 1.03 bits per heavy atom. The van der Waals surface area contributed by atoms with Crippen molar-refractivity contribution < 1.29 is 19.2 Å². The van der Waals surface area contributed by atoms with E-state index in [0.29, 0.717) is 36.7 Å². The number of nitrogens with two attached hydrogens (primary N) is 1. The first-order valence-electron chi connectivity index (χ1n) is 10.8. The van der Waals surface area contributed by atoms with Gasteiger partial charge in [-0.15, -0.1) is 0 Å². The zero-order chi connectivity index (χ0) is 22.7. The zero-order valence-electron chi connectivity index (χ0n) is 17.7. The molecule has 0 radical (unpaired) electrons. The molecule has 4 N–H and O–H groups in total. The van der Waals surface area contributed by atoms with Crippen LogP contribution < -0.4 is 11.2 Å². The lowest BCUT2D eigenvalue weighted by molar-refractivity contribution is 0.0713. The fourth-order valence-electron chi connectivity index (χ4n) is 4.36. The van der Waals surface area contributed by atoms with E-state index in [-0.39, 0.29) is 16.9 Å². The summed E-state index contributed by atoms with van der Waals surface area (Å²) < 4.78 is 14.7. The summed E-state index contributed by atoms with van der Waals surface area (Å²) in [6.45, 7) is 1.82. The van der Waals surface area contributed by atoms with Crippen LogP contribution in [0.5, 0.6) is 0 Å². The minimum atomic E-state index is -1.90. The van der Waals surface area contributed by atoms with Crippen LogP contribution in [0.3, 0.4) is 0 Å². The van der Waals surface area contributed by atoms with E-state index in [1.165, 1.54) is 11.6 Å². The summed E-state index contributed by atoms with van der Waals surface area (Å²) >= 11 is 0. The molecule has 1 fully saturated rings. The Morgan fingerprint density at radius 2 is 1.75 bits per heavy atom. The van der Waals surface area contributed by atoms with Crippen LogP contribution in [0.25, 0.3) is 11.1 Å². The van der Waals surface area contributed by atoms with Gasteiger partial charge in [0.15, 0.2) is 0 Å². The third kappa shape index (κ3) is 4.60. The lowest BCUT2D eigenvalue weighted by Gasteiger charge is -2.32. The average molecular weight is 432 g/mol. The van der Waals surface area contributed by atoms with Crippen LogP contribution in [0.2, 0.25) is 0 Å². The van der Waals surface area contributed by atoms with Crippen molar-refractivity contribution >= 4 is 18.5 Å². The largest absolute Gasteiger partial charge is 0.491 e. The van der Waals surface area contributed by atoms with Gasteiger partial charge in [0, 0.05) is 36.2 Å². The monoisotopic (exact) mass is 432 g/mol. The van der Waals surface area contributed by atoms with Crippen molar-refractivity contribution in [3.63, 3.8) is 0 Å². The second-order valence-corrected chi connectivity index (χ2v) is 8.18. The smallest absolute Gasteiger partial charge is 0.423 e. The molecule has 7 heteroatoms. The molecule has 1 saturated heterocycles. The van der Waals surface area contributed by atoms with Gasteiger partial charge in [0.25, 0.3) is 5.91 Å². The maximum Gasteiger partial charge on any atom is 0.491 e. The van der Waals surface area contributed by atoms with Crippen molar-refractivity contribution in [3.8, 4) is 11.1 Å². The summed E-state index contributed by atoms with van der Waals surface area (Å²) in [5.74, 6) is -0.383. The van der Waals surface area contributed by atoms with Crippen LogP contribution in [0.4, 0.5) is 4.39 Å². The number of likely N-dealkylation sites (tertiary alicyclic amines) is 1. The number of carbonyl (C=O) groups excluding carboxylic acids is 1. The van der Waals surface area contributed by atoms with E-state index < -0.39 is 12.9 Å². The van der Waals surface area contributed by atoms with Gasteiger partial charge in [-0.05, 0) is 47.6 Å². The Hall–Kier alpha value is -3.00. The first-order chi connectivity index (χ1) is 15.5. The van der Waals surface area contributed by atoms with Crippen LogP contribution >= 0.6 is 0 Å². The van der Waals surface area contributed by atoms with Crippen LogP contribution in [0.1, 0.15) is 40.2 Å². The van der Waals surface area contributed by atoms with Crippen LogP contribution in [0.15, 0.2) is 66.7 Å². The van der Waals surface area contributed by atoms with Gasteiger partial charge in [-0.3, -0.25) is 4.79 Å². The number of hydrogen-bond donors (Lipinski definition) is 3. The van der Waals surface area contributed by atoms with E-state index in [0.717, 1.165) is 18.4 Å². The van der Waals surface area contributed by atoms with Gasteiger partial charge in [0.1, 0.15) is 5.82 Å². The van der Waals surface area contributed by atoms with Gasteiger partial charge in [0.05, 0.1) is 0 Å². The molecule has 0 spiro atoms. The maximum atomic E-state index is 14.7. The Bertz CT molecular complexity index is 1110. The third-order valence-electron chi connectivity index (χ3n) is 6.17. The minimum absolute atomic E-state index is 0.0836. The average Bonchev–Trinajstić information content (AvgIpc) is 2.83. The highest BCUT2D eigenvalue weighted by Gasteiger charge is 2.25. The fraction of sp³-hybridized carbons (Fsp3) is 0.240. The molecule has 3 aromatic rings. The van der Waals surface area contributed by atoms with Crippen molar-refractivity contribution in [2.24, 2.45) is 5.73 Å². The van der Waals surface area contributed by atoms with Gasteiger partial charge in [-0.1, -0.05) is 54.6 Å². The zero-order valence-corrected chi connectivity index (χ0v) is 17.7. The quantitative estimate of drug-likeness (QED) is 0.541. The predicted octanol–water partition coefficient (Wildman–Crippen LogP) is 2.65. The molecule has 164 valence electrons. The number of piperidine rings is 1. The molecule has 0 saturated carbocycles. The molecule has 0 aromatic heterocycles. The van der Waals surface area contributed by atoms with Gasteiger partial charge < -0.3 is 20.7 Å². The molecule has 0 unspecified atom stereocenters. The lowest BCUT2D eigenvalue weighted by atomic mass is 9.78. The summed E-state index contributed by atoms with van der Waals surface area (Å²) in [6.07, 6.45) is 1.76. The molecule has 0 atom stereocenters. The molecule has 4 rings (SSSR count). The van der Waals surface area contributed by atoms with Crippen molar-refractivity contribution in [2.75, 3.05) is 13.1 Å². The van der Waals surface area contributed by atoms with E-state index >= 15 is 0 Å². The van der Waals surface area contributed by atoms with E-state index in [1.807, 2.05) is 17.0 Å².